The van der Waals surface area contributed by atoms with Crippen LogP contribution in [0.4, 0.5) is 10.1 Å². The highest BCUT2D eigenvalue weighted by atomic mass is 19.1. The van der Waals surface area contributed by atoms with E-state index < -0.39 is 0 Å². The number of aryl methyl sites for hydroxylation is 1. The average Bonchev–Trinajstić information content (AvgIpc) is 2.16. The quantitative estimate of drug-likeness (QED) is 0.795. The van der Waals surface area contributed by atoms with Crippen molar-refractivity contribution in [2.45, 2.75) is 12.8 Å². The van der Waals surface area contributed by atoms with Gasteiger partial charge in [-0.25, -0.2) is 4.39 Å². The number of nitrogens with two attached hydrogens (primary N) is 1. The number of benzene rings is 1. The van der Waals surface area contributed by atoms with Crippen molar-refractivity contribution in [3.8, 4) is 0 Å². The highest BCUT2D eigenvalue weighted by Crippen LogP contribution is 2.19. The molecule has 0 aromatic heterocycles. The van der Waals surface area contributed by atoms with E-state index in [1.165, 1.54) is 6.07 Å². The molecule has 0 unspecified atom stereocenters. The molecule has 1 aromatic carbocycles. The molecule has 0 aliphatic heterocycles. The molecule has 1 rings (SSSR count). The van der Waals surface area contributed by atoms with Crippen molar-refractivity contribution in [2.24, 2.45) is 5.73 Å². The van der Waals surface area contributed by atoms with E-state index in [1.54, 1.807) is 4.90 Å². The fourth-order valence-electron chi connectivity index (χ4n) is 1.36. The molecular formula is C11H17FN2. The summed E-state index contributed by atoms with van der Waals surface area (Å²) in [5.74, 6) is -0.175. The Hall–Kier alpha value is -1.09. The molecule has 0 amide bonds. The average molecular weight is 196 g/mol. The van der Waals surface area contributed by atoms with Crippen LogP contribution in [-0.4, -0.2) is 20.6 Å². The second-order valence-corrected chi connectivity index (χ2v) is 3.57. The first-order valence-electron chi connectivity index (χ1n) is 4.81. The summed E-state index contributed by atoms with van der Waals surface area (Å²) >= 11 is 0. The minimum absolute atomic E-state index is 0.175. The molecule has 78 valence electrons. The fourth-order valence-corrected chi connectivity index (χ4v) is 1.36. The summed E-state index contributed by atoms with van der Waals surface area (Å²) in [4.78, 5) is 1.78. The van der Waals surface area contributed by atoms with E-state index >= 15 is 0 Å². The molecule has 1 aromatic rings. The third-order valence-electron chi connectivity index (χ3n) is 2.16. The van der Waals surface area contributed by atoms with Crippen molar-refractivity contribution in [3.63, 3.8) is 0 Å². The first-order valence-corrected chi connectivity index (χ1v) is 4.81. The van der Waals surface area contributed by atoms with Crippen LogP contribution in [0.5, 0.6) is 0 Å². The zero-order chi connectivity index (χ0) is 10.6. The Morgan fingerprint density at radius 3 is 2.64 bits per heavy atom. The van der Waals surface area contributed by atoms with Crippen molar-refractivity contribution in [2.75, 3.05) is 25.5 Å². The third-order valence-corrected chi connectivity index (χ3v) is 2.16. The maximum Gasteiger partial charge on any atom is 0.146 e. The molecule has 0 saturated carbocycles. The van der Waals surface area contributed by atoms with E-state index in [9.17, 15) is 4.39 Å². The summed E-state index contributed by atoms with van der Waals surface area (Å²) < 4.78 is 13.3. The summed E-state index contributed by atoms with van der Waals surface area (Å²) in [6.45, 7) is 0.675. The first kappa shape index (κ1) is 11.0. The maximum atomic E-state index is 13.3. The van der Waals surface area contributed by atoms with Gasteiger partial charge < -0.3 is 10.6 Å². The molecule has 0 radical (unpaired) electrons. The van der Waals surface area contributed by atoms with E-state index in [0.29, 0.717) is 12.2 Å². The van der Waals surface area contributed by atoms with Gasteiger partial charge in [0.05, 0.1) is 5.69 Å². The fraction of sp³-hybridized carbons (Fsp3) is 0.455. The van der Waals surface area contributed by atoms with E-state index in [-0.39, 0.29) is 5.82 Å². The zero-order valence-corrected chi connectivity index (χ0v) is 8.76. The van der Waals surface area contributed by atoms with E-state index in [2.05, 4.69) is 0 Å². The van der Waals surface area contributed by atoms with Crippen LogP contribution < -0.4 is 10.6 Å². The lowest BCUT2D eigenvalue weighted by molar-refractivity contribution is 0.625. The van der Waals surface area contributed by atoms with E-state index in [0.717, 1.165) is 18.4 Å². The SMILES string of the molecule is CN(C)c1cc(CCCN)ccc1F. The molecule has 2 N–H and O–H groups in total. The summed E-state index contributed by atoms with van der Waals surface area (Å²) in [5.41, 5.74) is 7.20. The summed E-state index contributed by atoms with van der Waals surface area (Å²) in [6, 6.07) is 5.21. The van der Waals surface area contributed by atoms with E-state index in [1.807, 2.05) is 26.2 Å². The van der Waals surface area contributed by atoms with Crippen molar-refractivity contribution >= 4 is 5.69 Å². The molecule has 0 atom stereocenters. The molecule has 0 saturated heterocycles. The zero-order valence-electron chi connectivity index (χ0n) is 8.76. The molecule has 14 heavy (non-hydrogen) atoms. The molecule has 0 aliphatic carbocycles. The van der Waals surface area contributed by atoms with Crippen molar-refractivity contribution < 1.29 is 4.39 Å². The number of hydrogen-bond donors (Lipinski definition) is 1. The second kappa shape index (κ2) is 4.96. The lowest BCUT2D eigenvalue weighted by atomic mass is 10.1. The Morgan fingerprint density at radius 2 is 2.07 bits per heavy atom. The molecule has 0 heterocycles. The molecule has 0 spiro atoms. The summed E-state index contributed by atoms with van der Waals surface area (Å²) in [7, 11) is 3.68. The van der Waals surface area contributed by atoms with Gasteiger partial charge >= 0.3 is 0 Å². The maximum absolute atomic E-state index is 13.3. The third kappa shape index (κ3) is 2.70. The van der Waals surface area contributed by atoms with Gasteiger partial charge in [0.25, 0.3) is 0 Å². The highest BCUT2D eigenvalue weighted by Gasteiger charge is 2.04. The smallest absolute Gasteiger partial charge is 0.146 e. The molecular weight excluding hydrogens is 179 g/mol. The van der Waals surface area contributed by atoms with Gasteiger partial charge in [-0.1, -0.05) is 6.07 Å². The highest BCUT2D eigenvalue weighted by molar-refractivity contribution is 5.48. The number of nitrogens with zero attached hydrogens (tertiary/aromatic N) is 1. The Bertz CT molecular complexity index is 297. The second-order valence-electron chi connectivity index (χ2n) is 3.57. The first-order chi connectivity index (χ1) is 6.65. The monoisotopic (exact) mass is 196 g/mol. The van der Waals surface area contributed by atoms with E-state index in [4.69, 9.17) is 5.73 Å². The standard InChI is InChI=1S/C11H17FN2/c1-14(2)11-8-9(4-3-7-13)5-6-10(11)12/h5-6,8H,3-4,7,13H2,1-2H3. The van der Waals surface area contributed by atoms with Crippen LogP contribution in [0.25, 0.3) is 0 Å². The van der Waals surface area contributed by atoms with Crippen LogP contribution in [0.15, 0.2) is 18.2 Å². The van der Waals surface area contributed by atoms with Crippen molar-refractivity contribution in [1.29, 1.82) is 0 Å². The Morgan fingerprint density at radius 1 is 1.36 bits per heavy atom. The summed E-state index contributed by atoms with van der Waals surface area (Å²) in [6.07, 6.45) is 1.86. The van der Waals surface area contributed by atoms with Gasteiger partial charge in [-0.15, -0.1) is 0 Å². The predicted molar refractivity (Wildman–Crippen MR) is 58.1 cm³/mol. The van der Waals surface area contributed by atoms with Crippen LogP contribution in [0.3, 0.4) is 0 Å². The number of anilines is 1. The van der Waals surface area contributed by atoms with Gasteiger partial charge in [0.15, 0.2) is 0 Å². The van der Waals surface area contributed by atoms with Gasteiger partial charge in [-0.3, -0.25) is 0 Å². The predicted octanol–water partition coefficient (Wildman–Crippen LogP) is 1.78. The lowest BCUT2D eigenvalue weighted by Gasteiger charge is -2.14. The van der Waals surface area contributed by atoms with Crippen LogP contribution in [0.1, 0.15) is 12.0 Å². The number of rotatable bonds is 4. The number of halogens is 1. The lowest BCUT2D eigenvalue weighted by Crippen LogP contribution is -2.11. The molecule has 0 bridgehead atoms. The summed E-state index contributed by atoms with van der Waals surface area (Å²) in [5, 5.41) is 0. The Labute approximate surface area is 84.5 Å². The minimum atomic E-state index is -0.175. The van der Waals surface area contributed by atoms with Gasteiger partial charge in [-0.2, -0.15) is 0 Å². The van der Waals surface area contributed by atoms with Crippen LogP contribution >= 0.6 is 0 Å². The van der Waals surface area contributed by atoms with Crippen LogP contribution in [0, 0.1) is 5.82 Å². The normalized spacial score (nSPS) is 10.3. The van der Waals surface area contributed by atoms with Gasteiger partial charge in [-0.05, 0) is 37.1 Å². The van der Waals surface area contributed by atoms with Crippen molar-refractivity contribution in [1.82, 2.24) is 0 Å². The molecule has 0 aliphatic rings. The Balaban J connectivity index is 2.83. The van der Waals surface area contributed by atoms with Crippen molar-refractivity contribution in [3.05, 3.63) is 29.6 Å². The number of hydrogen-bond acceptors (Lipinski definition) is 2. The van der Waals surface area contributed by atoms with Gasteiger partial charge in [0.2, 0.25) is 0 Å². The topological polar surface area (TPSA) is 29.3 Å². The largest absolute Gasteiger partial charge is 0.375 e. The van der Waals surface area contributed by atoms with Gasteiger partial charge in [0.1, 0.15) is 5.82 Å². The molecule has 0 fully saturated rings. The van der Waals surface area contributed by atoms with Crippen LogP contribution in [-0.2, 0) is 6.42 Å². The van der Waals surface area contributed by atoms with Gasteiger partial charge in [0, 0.05) is 14.1 Å². The minimum Gasteiger partial charge on any atom is -0.375 e. The molecule has 3 heteroatoms. The van der Waals surface area contributed by atoms with Crippen LogP contribution in [0.2, 0.25) is 0 Å². The Kier molecular flexibility index (Phi) is 3.89. The molecule has 2 nitrogen and oxygen atoms in total.